The fourth-order valence-electron chi connectivity index (χ4n) is 6.99. The quantitative estimate of drug-likeness (QED) is 0.221. The number of benzene rings is 5. The maximum absolute atomic E-state index is 5.13. The van der Waals surface area contributed by atoms with Crippen LogP contribution in [0.25, 0.3) is 73.3 Å². The van der Waals surface area contributed by atoms with Gasteiger partial charge in [0.1, 0.15) is 0 Å². The van der Waals surface area contributed by atoms with E-state index in [4.69, 9.17) is 15.0 Å². The van der Waals surface area contributed by atoms with E-state index in [2.05, 4.69) is 71.3 Å². The summed E-state index contributed by atoms with van der Waals surface area (Å²) in [5.41, 5.74) is 7.32. The summed E-state index contributed by atoms with van der Waals surface area (Å²) in [4.78, 5) is 16.6. The van der Waals surface area contributed by atoms with Gasteiger partial charge in [0, 0.05) is 32.2 Å². The van der Waals surface area contributed by atoms with E-state index in [0.717, 1.165) is 23.1 Å². The average Bonchev–Trinajstić information content (AvgIpc) is 3.58. The second-order valence-electron chi connectivity index (χ2n) is 10.7. The molecular formula is C35H20N4S. The van der Waals surface area contributed by atoms with Gasteiger partial charge in [-0.1, -0.05) is 91.0 Å². The summed E-state index contributed by atoms with van der Waals surface area (Å²) in [6, 6.07) is 29.6. The zero-order valence-corrected chi connectivity index (χ0v) is 22.1. The summed E-state index contributed by atoms with van der Waals surface area (Å²) >= 11 is 1.99. The van der Waals surface area contributed by atoms with Gasteiger partial charge in [-0.15, -0.1) is 11.8 Å². The van der Waals surface area contributed by atoms with Crippen molar-refractivity contribution in [3.05, 3.63) is 113 Å². The number of nitrogens with zero attached hydrogens (tertiary/aromatic N) is 4. The summed E-state index contributed by atoms with van der Waals surface area (Å²) < 4.78 is 2.29. The number of rotatable bonds is 3. The second kappa shape index (κ2) is 7.46. The molecule has 1 atom stereocenters. The number of aromatic nitrogens is 4. The molecular weight excluding hydrogens is 508 g/mol. The van der Waals surface area contributed by atoms with Crippen LogP contribution in [0.15, 0.2) is 95.9 Å². The zero-order valence-electron chi connectivity index (χ0n) is 21.3. The number of thioether (sulfide) groups is 1. The van der Waals surface area contributed by atoms with Crippen LogP contribution in [0.3, 0.4) is 0 Å². The molecule has 2 aliphatic carbocycles. The SMILES string of the molecule is C1=CC2Sc3ccc4c5c3c2c2c1ccc1c2c5c(n1-c1nc(-c2ccccc2)nc(-c2ccccc2)n1)=CC4. The molecule has 0 saturated carbocycles. The summed E-state index contributed by atoms with van der Waals surface area (Å²) in [5.74, 6) is 2.02. The largest absolute Gasteiger partial charge is 0.278 e. The summed E-state index contributed by atoms with van der Waals surface area (Å²) in [6.45, 7) is 0. The normalized spacial score (nSPS) is 16.1. The minimum Gasteiger partial charge on any atom is -0.278 e. The second-order valence-corrected chi connectivity index (χ2v) is 11.9. The van der Waals surface area contributed by atoms with E-state index in [-0.39, 0.29) is 0 Å². The molecule has 0 bridgehead atoms. The van der Waals surface area contributed by atoms with Crippen LogP contribution in [-0.4, -0.2) is 19.5 Å². The molecule has 0 N–H and O–H groups in total. The fourth-order valence-corrected chi connectivity index (χ4v) is 8.25. The highest BCUT2D eigenvalue weighted by molar-refractivity contribution is 8.00. The van der Waals surface area contributed by atoms with Crippen molar-refractivity contribution in [1.29, 1.82) is 0 Å². The Labute approximate surface area is 233 Å². The van der Waals surface area contributed by atoms with Crippen molar-refractivity contribution >= 4 is 56.4 Å². The molecule has 7 aromatic rings. The third-order valence-corrected chi connectivity index (χ3v) is 9.88. The van der Waals surface area contributed by atoms with Gasteiger partial charge in [-0.3, -0.25) is 4.57 Å². The van der Waals surface area contributed by atoms with Crippen LogP contribution in [-0.2, 0) is 6.42 Å². The molecule has 2 aromatic heterocycles. The molecule has 4 nitrogen and oxygen atoms in total. The van der Waals surface area contributed by atoms with Crippen LogP contribution in [0, 0.1) is 0 Å². The lowest BCUT2D eigenvalue weighted by atomic mass is 9.84. The third-order valence-electron chi connectivity index (χ3n) is 8.64. The monoisotopic (exact) mass is 528 g/mol. The van der Waals surface area contributed by atoms with E-state index in [0.29, 0.717) is 22.8 Å². The van der Waals surface area contributed by atoms with Crippen LogP contribution in [0.4, 0.5) is 0 Å². The van der Waals surface area contributed by atoms with E-state index in [1.807, 2.05) is 48.2 Å². The summed E-state index contributed by atoms with van der Waals surface area (Å²) in [6.07, 6.45) is 7.96. The Balaban J connectivity index is 1.38. The van der Waals surface area contributed by atoms with Crippen LogP contribution >= 0.6 is 11.8 Å². The first-order valence-corrected chi connectivity index (χ1v) is 14.5. The molecule has 10 rings (SSSR count). The van der Waals surface area contributed by atoms with Gasteiger partial charge in [0.2, 0.25) is 5.95 Å². The van der Waals surface area contributed by atoms with Crippen molar-refractivity contribution in [3.63, 3.8) is 0 Å². The molecule has 0 radical (unpaired) electrons. The maximum atomic E-state index is 5.13. The molecule has 0 fully saturated rings. The summed E-state index contributed by atoms with van der Waals surface area (Å²) in [7, 11) is 0. The van der Waals surface area contributed by atoms with Gasteiger partial charge in [0.05, 0.1) is 16.1 Å². The van der Waals surface area contributed by atoms with Crippen LogP contribution in [0.1, 0.15) is 21.9 Å². The summed E-state index contributed by atoms with van der Waals surface area (Å²) in [5, 5.41) is 8.51. The van der Waals surface area contributed by atoms with E-state index in [1.54, 1.807) is 0 Å². The van der Waals surface area contributed by atoms with E-state index >= 15 is 0 Å². The Bertz CT molecular complexity index is 2260. The Kier molecular flexibility index (Phi) is 3.94. The predicted molar refractivity (Wildman–Crippen MR) is 164 cm³/mol. The molecule has 3 heterocycles. The third kappa shape index (κ3) is 2.61. The van der Waals surface area contributed by atoms with Gasteiger partial charge in [-0.05, 0) is 46.0 Å². The van der Waals surface area contributed by atoms with Gasteiger partial charge in [0.25, 0.3) is 0 Å². The molecule has 1 aliphatic heterocycles. The van der Waals surface area contributed by atoms with Crippen molar-refractivity contribution < 1.29 is 0 Å². The topological polar surface area (TPSA) is 43.6 Å². The van der Waals surface area contributed by atoms with E-state index in [9.17, 15) is 0 Å². The van der Waals surface area contributed by atoms with E-state index in [1.165, 1.54) is 53.9 Å². The molecule has 5 aromatic carbocycles. The molecule has 5 heteroatoms. The van der Waals surface area contributed by atoms with Gasteiger partial charge in [-0.2, -0.15) is 9.97 Å². The Hall–Kier alpha value is -4.74. The maximum Gasteiger partial charge on any atom is 0.238 e. The van der Waals surface area contributed by atoms with Gasteiger partial charge in [0.15, 0.2) is 11.6 Å². The first-order valence-electron chi connectivity index (χ1n) is 13.6. The minimum atomic E-state index is 0.372. The van der Waals surface area contributed by atoms with Crippen LogP contribution in [0.5, 0.6) is 0 Å². The molecule has 3 aliphatic rings. The van der Waals surface area contributed by atoms with Crippen molar-refractivity contribution in [2.45, 2.75) is 16.6 Å². The molecule has 0 spiro atoms. The number of hydrogen-bond donors (Lipinski definition) is 0. The minimum absolute atomic E-state index is 0.372. The number of hydrogen-bond acceptors (Lipinski definition) is 4. The van der Waals surface area contributed by atoms with Gasteiger partial charge in [-0.25, -0.2) is 4.98 Å². The van der Waals surface area contributed by atoms with Crippen LogP contribution < -0.4 is 5.35 Å². The van der Waals surface area contributed by atoms with Gasteiger partial charge < -0.3 is 0 Å². The van der Waals surface area contributed by atoms with Crippen molar-refractivity contribution in [2.75, 3.05) is 0 Å². The van der Waals surface area contributed by atoms with Gasteiger partial charge >= 0.3 is 0 Å². The first-order chi connectivity index (χ1) is 19.8. The lowest BCUT2D eigenvalue weighted by Gasteiger charge is -2.19. The first kappa shape index (κ1) is 21.1. The Morgan fingerprint density at radius 2 is 1.43 bits per heavy atom. The van der Waals surface area contributed by atoms with Crippen molar-refractivity contribution in [2.24, 2.45) is 0 Å². The predicted octanol–water partition coefficient (Wildman–Crippen LogP) is 7.69. The molecule has 0 saturated heterocycles. The lowest BCUT2D eigenvalue weighted by Crippen LogP contribution is -2.20. The molecule has 40 heavy (non-hydrogen) atoms. The molecule has 186 valence electrons. The van der Waals surface area contributed by atoms with Crippen LogP contribution in [0.2, 0.25) is 0 Å². The average molecular weight is 529 g/mol. The Morgan fingerprint density at radius 3 is 2.17 bits per heavy atom. The molecule has 0 amide bonds. The standard InChI is InChI=1S/C35H20N4S/c1-3-7-21(8-4-1)33-36-34(22-9-5-2-6-10-22)38-35(37-33)39-23-15-11-19-13-17-25-31-27(19)29(23)30-24(39)16-12-20-14-18-26(40-25)32(31)28(20)30/h1-11,13-18,25H,12H2. The highest BCUT2D eigenvalue weighted by Crippen LogP contribution is 2.57. The zero-order chi connectivity index (χ0) is 25.9. The lowest BCUT2D eigenvalue weighted by molar-refractivity contribution is 0.914. The van der Waals surface area contributed by atoms with Crippen molar-refractivity contribution in [1.82, 2.24) is 19.5 Å². The van der Waals surface area contributed by atoms with Crippen molar-refractivity contribution in [3.8, 4) is 28.7 Å². The smallest absolute Gasteiger partial charge is 0.238 e. The van der Waals surface area contributed by atoms with E-state index < -0.39 is 0 Å². The Morgan fingerprint density at radius 1 is 0.675 bits per heavy atom. The fraction of sp³-hybridized carbons (Fsp3) is 0.0571. The highest BCUT2D eigenvalue weighted by Gasteiger charge is 2.34. The highest BCUT2D eigenvalue weighted by atomic mass is 32.2. The molecule has 1 unspecified atom stereocenters.